The number of carbonyl (C=O) groups excluding carboxylic acids is 3. The van der Waals surface area contributed by atoms with E-state index in [1.54, 1.807) is 66.7 Å². The molecule has 3 aromatic rings. The molecule has 3 aromatic carbocycles. The predicted octanol–water partition coefficient (Wildman–Crippen LogP) is 6.50. The number of anilines is 1. The largest absolute Gasteiger partial charge is 0.493 e. The molecule has 0 saturated carbocycles. The van der Waals surface area contributed by atoms with Crippen LogP contribution in [0.5, 0.6) is 11.5 Å². The molecule has 1 N–H and O–H groups in total. The number of hydrogen-bond donors (Lipinski definition) is 1. The van der Waals surface area contributed by atoms with Crippen LogP contribution in [-0.2, 0) is 11.3 Å². The second-order valence-corrected chi connectivity index (χ2v) is 9.47. The second-order valence-electron chi connectivity index (χ2n) is 7.67. The summed E-state index contributed by atoms with van der Waals surface area (Å²) in [5.41, 5.74) is 2.26. The molecule has 184 valence electrons. The Balaban J connectivity index is 1.49. The van der Waals surface area contributed by atoms with Crippen molar-refractivity contribution in [2.75, 3.05) is 19.5 Å². The molecule has 1 fully saturated rings. The molecule has 1 saturated heterocycles. The number of hydrogen-bond acceptors (Lipinski definition) is 6. The van der Waals surface area contributed by atoms with Crippen molar-refractivity contribution in [3.05, 3.63) is 92.3 Å². The Morgan fingerprint density at radius 1 is 0.972 bits per heavy atom. The molecular weight excluding hydrogens is 523 g/mol. The summed E-state index contributed by atoms with van der Waals surface area (Å²) in [5, 5.41) is 3.19. The zero-order chi connectivity index (χ0) is 25.8. The summed E-state index contributed by atoms with van der Waals surface area (Å²) < 4.78 is 10.5. The van der Waals surface area contributed by atoms with Crippen LogP contribution < -0.4 is 14.8 Å². The highest BCUT2D eigenvalue weighted by Crippen LogP contribution is 2.34. The Morgan fingerprint density at radius 3 is 2.47 bits per heavy atom. The molecule has 4 rings (SSSR count). The average molecular weight is 543 g/mol. The van der Waals surface area contributed by atoms with E-state index in [-0.39, 0.29) is 22.6 Å². The van der Waals surface area contributed by atoms with Crippen LogP contribution in [0.2, 0.25) is 10.0 Å². The van der Waals surface area contributed by atoms with Gasteiger partial charge in [0.1, 0.15) is 0 Å². The third kappa shape index (κ3) is 5.67. The van der Waals surface area contributed by atoms with E-state index in [0.717, 1.165) is 16.7 Å². The van der Waals surface area contributed by atoms with Gasteiger partial charge in [-0.05, 0) is 71.4 Å². The van der Waals surface area contributed by atoms with E-state index in [1.165, 1.54) is 14.2 Å². The normalized spacial score (nSPS) is 14.3. The number of benzene rings is 3. The van der Waals surface area contributed by atoms with Gasteiger partial charge in [-0.15, -0.1) is 0 Å². The summed E-state index contributed by atoms with van der Waals surface area (Å²) in [4.78, 5) is 39.6. The maximum Gasteiger partial charge on any atom is 0.293 e. The van der Waals surface area contributed by atoms with Crippen LogP contribution >= 0.6 is 35.0 Å². The highest BCUT2D eigenvalue weighted by Gasteiger charge is 2.35. The highest BCUT2D eigenvalue weighted by atomic mass is 35.5. The molecule has 0 aromatic heterocycles. The van der Waals surface area contributed by atoms with Gasteiger partial charge >= 0.3 is 0 Å². The number of nitrogens with zero attached hydrogens (tertiary/aromatic N) is 1. The lowest BCUT2D eigenvalue weighted by Crippen LogP contribution is -2.27. The maximum absolute atomic E-state index is 12.9. The van der Waals surface area contributed by atoms with Gasteiger partial charge in [-0.1, -0.05) is 41.4 Å². The molecule has 1 heterocycles. The van der Waals surface area contributed by atoms with Gasteiger partial charge in [-0.25, -0.2) is 0 Å². The zero-order valence-corrected chi connectivity index (χ0v) is 21.5. The maximum atomic E-state index is 12.9. The monoisotopic (exact) mass is 542 g/mol. The van der Waals surface area contributed by atoms with E-state index in [2.05, 4.69) is 5.32 Å². The summed E-state index contributed by atoms with van der Waals surface area (Å²) in [6.45, 7) is 0.0836. The van der Waals surface area contributed by atoms with Gasteiger partial charge in [0.15, 0.2) is 11.5 Å². The van der Waals surface area contributed by atoms with Crippen molar-refractivity contribution >= 4 is 63.8 Å². The lowest BCUT2D eigenvalue weighted by Gasteiger charge is -2.13. The van der Waals surface area contributed by atoms with Gasteiger partial charge in [-0.3, -0.25) is 19.3 Å². The van der Waals surface area contributed by atoms with E-state index >= 15 is 0 Å². The smallest absolute Gasteiger partial charge is 0.293 e. The van der Waals surface area contributed by atoms with Crippen LogP contribution in [0, 0.1) is 0 Å². The molecule has 0 unspecified atom stereocenters. The number of methoxy groups -OCH3 is 2. The van der Waals surface area contributed by atoms with Crippen molar-refractivity contribution in [3.63, 3.8) is 0 Å². The summed E-state index contributed by atoms with van der Waals surface area (Å²) >= 11 is 12.8. The molecule has 0 bridgehead atoms. The number of carbonyl (C=O) groups is 3. The zero-order valence-electron chi connectivity index (χ0n) is 19.2. The minimum absolute atomic E-state index is 0.0836. The quantitative estimate of drug-likeness (QED) is 0.343. The van der Waals surface area contributed by atoms with Crippen LogP contribution in [0.4, 0.5) is 10.5 Å². The number of imide groups is 1. The Hall–Kier alpha value is -3.46. The molecule has 7 nitrogen and oxygen atoms in total. The van der Waals surface area contributed by atoms with Crippen molar-refractivity contribution < 1.29 is 23.9 Å². The third-order valence-corrected chi connectivity index (χ3v) is 6.93. The van der Waals surface area contributed by atoms with E-state index < -0.39 is 5.91 Å². The van der Waals surface area contributed by atoms with E-state index in [4.69, 9.17) is 32.7 Å². The predicted molar refractivity (Wildman–Crippen MR) is 142 cm³/mol. The first-order valence-corrected chi connectivity index (χ1v) is 12.2. The van der Waals surface area contributed by atoms with Gasteiger partial charge in [0.05, 0.1) is 35.7 Å². The minimum Gasteiger partial charge on any atom is -0.493 e. The van der Waals surface area contributed by atoms with Crippen molar-refractivity contribution in [2.24, 2.45) is 0 Å². The van der Waals surface area contributed by atoms with Crippen LogP contribution in [0.3, 0.4) is 0 Å². The van der Waals surface area contributed by atoms with Crippen molar-refractivity contribution in [1.82, 2.24) is 4.90 Å². The molecular formula is C26H20Cl2N2O5S. The summed E-state index contributed by atoms with van der Waals surface area (Å²) in [6, 6.07) is 16.8. The lowest BCUT2D eigenvalue weighted by molar-refractivity contribution is -0.123. The van der Waals surface area contributed by atoms with Gasteiger partial charge in [0.25, 0.3) is 17.1 Å². The second kappa shape index (κ2) is 11.1. The molecule has 0 aliphatic carbocycles. The minimum atomic E-state index is -0.407. The van der Waals surface area contributed by atoms with Gasteiger partial charge in [0.2, 0.25) is 0 Å². The molecule has 1 aliphatic rings. The van der Waals surface area contributed by atoms with Gasteiger partial charge < -0.3 is 14.8 Å². The van der Waals surface area contributed by atoms with Crippen LogP contribution in [-0.4, -0.2) is 36.2 Å². The van der Waals surface area contributed by atoms with Crippen LogP contribution in [0.25, 0.3) is 6.08 Å². The number of rotatable bonds is 7. The average Bonchev–Trinajstić information content (AvgIpc) is 3.13. The molecule has 36 heavy (non-hydrogen) atoms. The lowest BCUT2D eigenvalue weighted by atomic mass is 10.1. The van der Waals surface area contributed by atoms with Crippen LogP contribution in [0.1, 0.15) is 21.5 Å². The van der Waals surface area contributed by atoms with Crippen molar-refractivity contribution in [1.29, 1.82) is 0 Å². The molecule has 0 radical (unpaired) electrons. The summed E-state index contributed by atoms with van der Waals surface area (Å²) in [6.07, 6.45) is 1.62. The Bertz CT molecular complexity index is 1390. The number of amides is 3. The van der Waals surface area contributed by atoms with Crippen LogP contribution in [0.15, 0.2) is 65.6 Å². The van der Waals surface area contributed by atoms with E-state index in [1.807, 2.05) is 0 Å². The number of halogens is 2. The Labute approximate surface area is 222 Å². The first-order valence-electron chi connectivity index (χ1n) is 10.6. The molecule has 10 heteroatoms. The Kier molecular flexibility index (Phi) is 7.88. The molecule has 3 amide bonds. The first kappa shape index (κ1) is 25.6. The fourth-order valence-corrected chi connectivity index (χ4v) is 4.65. The number of ether oxygens (including phenoxy) is 2. The molecule has 1 aliphatic heterocycles. The number of nitrogens with one attached hydrogen (secondary N) is 1. The topological polar surface area (TPSA) is 84.9 Å². The van der Waals surface area contributed by atoms with Gasteiger partial charge in [0, 0.05) is 11.3 Å². The molecule has 0 spiro atoms. The third-order valence-electron chi connectivity index (χ3n) is 5.29. The van der Waals surface area contributed by atoms with Crippen molar-refractivity contribution in [2.45, 2.75) is 6.54 Å². The highest BCUT2D eigenvalue weighted by molar-refractivity contribution is 8.18. The fraction of sp³-hybridized carbons (Fsp3) is 0.115. The standard InChI is InChI=1S/C26H20Cl2N2O5S/c1-34-21-9-7-17(13-22(21)35-2)24(31)29-18-5-3-4-15(10-18)12-23-25(32)30(26(33)36-23)14-16-6-8-19(27)20(28)11-16/h3-13H,14H2,1-2H3,(H,29,31)/b23-12+. The summed E-state index contributed by atoms with van der Waals surface area (Å²) in [5.74, 6) is 0.213. The Morgan fingerprint density at radius 2 is 1.75 bits per heavy atom. The number of thioether (sulfide) groups is 1. The summed E-state index contributed by atoms with van der Waals surface area (Å²) in [7, 11) is 3.01. The van der Waals surface area contributed by atoms with Gasteiger partial charge in [-0.2, -0.15) is 0 Å². The fourth-order valence-electron chi connectivity index (χ4n) is 3.50. The van der Waals surface area contributed by atoms with Crippen molar-refractivity contribution in [3.8, 4) is 11.5 Å². The SMILES string of the molecule is COc1ccc(C(=O)Nc2cccc(/C=C3/SC(=O)N(Cc4ccc(Cl)c(Cl)c4)C3=O)c2)cc1OC. The van der Waals surface area contributed by atoms with E-state index in [9.17, 15) is 14.4 Å². The van der Waals surface area contributed by atoms with E-state index in [0.29, 0.717) is 43.9 Å². The first-order chi connectivity index (χ1) is 17.3. The molecule has 0 atom stereocenters.